The molecule has 0 radical (unpaired) electrons. The third-order valence-electron chi connectivity index (χ3n) is 9.82. The Morgan fingerprint density at radius 1 is 1.11 bits per heavy atom. The largest absolute Gasteiger partial charge is 0.495 e. The van der Waals surface area contributed by atoms with Gasteiger partial charge in [0.15, 0.2) is 0 Å². The van der Waals surface area contributed by atoms with Crippen LogP contribution in [0.15, 0.2) is 24.4 Å². The third kappa shape index (κ3) is 8.89. The molecule has 1 saturated heterocycles. The molecule has 12 heteroatoms. The maximum absolute atomic E-state index is 14.0. The molecular formula is C34H49F3N6O3. The fourth-order valence-corrected chi connectivity index (χ4v) is 6.89. The molecule has 2 aliphatic rings. The summed E-state index contributed by atoms with van der Waals surface area (Å²) in [5.74, 6) is 0.463. The number of benzene rings is 1. The molecular weight excluding hydrogens is 597 g/mol. The van der Waals surface area contributed by atoms with E-state index in [9.17, 15) is 22.8 Å². The zero-order valence-electron chi connectivity index (χ0n) is 27.9. The van der Waals surface area contributed by atoms with Crippen LogP contribution < -0.4 is 15.4 Å². The van der Waals surface area contributed by atoms with Crippen molar-refractivity contribution < 1.29 is 27.5 Å². The standard InChI is InChI=1S/C34H49F3N6O3/c1-21(2)43-17-15-25(16-18-43)39-32(45)24-12-14-29(31(19-24)46-6)41-33-38-20-27(34(35,36)37)28(40-33)13-11-22(3)26-9-7-8-10-30(26)42(5)23(4)44/h12,14,19-22,25-26,30H,7-11,13,15-18H2,1-6H3,(H,39,45)(H,38,40,41). The molecule has 1 aromatic carbocycles. The molecule has 2 amide bonds. The molecule has 4 rings (SSSR count). The highest BCUT2D eigenvalue weighted by atomic mass is 19.4. The predicted octanol–water partition coefficient (Wildman–Crippen LogP) is 6.46. The van der Waals surface area contributed by atoms with Gasteiger partial charge < -0.3 is 25.2 Å². The minimum atomic E-state index is -4.60. The molecule has 0 bridgehead atoms. The van der Waals surface area contributed by atoms with Crippen LogP contribution in [0.3, 0.4) is 0 Å². The highest BCUT2D eigenvalue weighted by Crippen LogP contribution is 2.37. The van der Waals surface area contributed by atoms with Crippen molar-refractivity contribution in [1.82, 2.24) is 25.1 Å². The van der Waals surface area contributed by atoms with Crippen molar-refractivity contribution in [2.45, 2.75) is 103 Å². The van der Waals surface area contributed by atoms with E-state index in [1.165, 1.54) is 7.11 Å². The third-order valence-corrected chi connectivity index (χ3v) is 9.82. The molecule has 3 unspecified atom stereocenters. The second-order valence-corrected chi connectivity index (χ2v) is 13.1. The van der Waals surface area contributed by atoms with E-state index in [0.29, 0.717) is 29.5 Å². The van der Waals surface area contributed by atoms with E-state index in [2.05, 4.69) is 46.3 Å². The number of carbonyl (C=O) groups is 2. The summed E-state index contributed by atoms with van der Waals surface area (Å²) >= 11 is 0. The van der Waals surface area contributed by atoms with Gasteiger partial charge in [0.05, 0.1) is 24.1 Å². The molecule has 46 heavy (non-hydrogen) atoms. The first-order chi connectivity index (χ1) is 21.8. The number of rotatable bonds is 11. The number of ether oxygens (including phenoxy) is 1. The predicted molar refractivity (Wildman–Crippen MR) is 172 cm³/mol. The van der Waals surface area contributed by atoms with Gasteiger partial charge in [-0.3, -0.25) is 9.59 Å². The highest BCUT2D eigenvalue weighted by molar-refractivity contribution is 5.95. The number of amides is 2. The van der Waals surface area contributed by atoms with Crippen LogP contribution in [-0.4, -0.2) is 77.0 Å². The Labute approximate surface area is 270 Å². The molecule has 1 aromatic heterocycles. The number of aryl methyl sites for hydroxylation is 1. The van der Waals surface area contributed by atoms with Crippen LogP contribution in [0.2, 0.25) is 0 Å². The lowest BCUT2D eigenvalue weighted by Gasteiger charge is -2.40. The minimum absolute atomic E-state index is 0.00134. The van der Waals surface area contributed by atoms with Crippen molar-refractivity contribution in [3.63, 3.8) is 0 Å². The summed E-state index contributed by atoms with van der Waals surface area (Å²) in [5, 5.41) is 6.11. The Morgan fingerprint density at radius 2 is 1.80 bits per heavy atom. The fraction of sp³-hybridized carbons (Fsp3) is 0.647. The van der Waals surface area contributed by atoms with Gasteiger partial charge in [-0.05, 0) is 82.4 Å². The molecule has 254 valence electrons. The number of nitrogens with one attached hydrogen (secondary N) is 2. The molecule has 3 atom stereocenters. The van der Waals surface area contributed by atoms with E-state index in [-0.39, 0.29) is 53.8 Å². The number of carbonyl (C=O) groups excluding carboxylic acids is 2. The van der Waals surface area contributed by atoms with Gasteiger partial charge in [0.1, 0.15) is 5.75 Å². The van der Waals surface area contributed by atoms with E-state index in [1.54, 1.807) is 30.0 Å². The Hall–Kier alpha value is -3.41. The lowest BCUT2D eigenvalue weighted by molar-refractivity contribution is -0.139. The smallest absolute Gasteiger partial charge is 0.419 e. The van der Waals surface area contributed by atoms with Crippen LogP contribution >= 0.6 is 0 Å². The van der Waals surface area contributed by atoms with Crippen LogP contribution in [0.4, 0.5) is 24.8 Å². The van der Waals surface area contributed by atoms with Crippen LogP contribution in [-0.2, 0) is 17.4 Å². The monoisotopic (exact) mass is 646 g/mol. The molecule has 2 heterocycles. The van der Waals surface area contributed by atoms with Gasteiger partial charge in [-0.15, -0.1) is 0 Å². The molecule has 2 fully saturated rings. The second kappa shape index (κ2) is 15.5. The zero-order valence-corrected chi connectivity index (χ0v) is 27.9. The van der Waals surface area contributed by atoms with Gasteiger partial charge in [0.2, 0.25) is 11.9 Å². The summed E-state index contributed by atoms with van der Waals surface area (Å²) < 4.78 is 47.5. The summed E-state index contributed by atoms with van der Waals surface area (Å²) in [6.07, 6.45) is 2.52. The van der Waals surface area contributed by atoms with Gasteiger partial charge in [-0.1, -0.05) is 19.8 Å². The number of alkyl halides is 3. The van der Waals surface area contributed by atoms with E-state index in [1.807, 2.05) is 7.05 Å². The van der Waals surface area contributed by atoms with E-state index < -0.39 is 11.7 Å². The number of likely N-dealkylation sites (tertiary alicyclic amines) is 1. The average molecular weight is 647 g/mol. The molecule has 0 spiro atoms. The fourth-order valence-electron chi connectivity index (χ4n) is 6.89. The zero-order chi connectivity index (χ0) is 33.6. The van der Waals surface area contributed by atoms with Crippen LogP contribution in [0, 0.1) is 11.8 Å². The average Bonchev–Trinajstić information content (AvgIpc) is 3.03. The van der Waals surface area contributed by atoms with E-state index >= 15 is 0 Å². The minimum Gasteiger partial charge on any atom is -0.495 e. The summed E-state index contributed by atoms with van der Waals surface area (Å²) in [6, 6.07) is 5.55. The Balaban J connectivity index is 1.46. The number of methoxy groups -OCH3 is 1. The molecule has 1 saturated carbocycles. The highest BCUT2D eigenvalue weighted by Gasteiger charge is 2.37. The van der Waals surface area contributed by atoms with Crippen LogP contribution in [0.1, 0.15) is 94.3 Å². The first-order valence-corrected chi connectivity index (χ1v) is 16.4. The van der Waals surface area contributed by atoms with Crippen molar-refractivity contribution in [3.8, 4) is 5.75 Å². The number of nitrogens with zero attached hydrogens (tertiary/aromatic N) is 4. The number of halogens is 3. The first-order valence-electron chi connectivity index (χ1n) is 16.4. The van der Waals surface area contributed by atoms with Crippen molar-refractivity contribution in [3.05, 3.63) is 41.2 Å². The van der Waals surface area contributed by atoms with Gasteiger partial charge in [0, 0.05) is 56.9 Å². The van der Waals surface area contributed by atoms with Crippen molar-refractivity contribution in [2.24, 2.45) is 11.8 Å². The second-order valence-electron chi connectivity index (χ2n) is 13.1. The lowest BCUT2D eigenvalue weighted by atomic mass is 9.74. The number of hydrogen-bond acceptors (Lipinski definition) is 7. The van der Waals surface area contributed by atoms with Crippen LogP contribution in [0.25, 0.3) is 0 Å². The maximum atomic E-state index is 14.0. The molecule has 2 aromatic rings. The van der Waals surface area contributed by atoms with Crippen molar-refractivity contribution in [1.29, 1.82) is 0 Å². The number of piperidine rings is 1. The SMILES string of the molecule is COc1cc(C(=O)NC2CCN(C(C)C)CC2)ccc1Nc1ncc(C(F)(F)F)c(CCC(C)C2CCCCC2N(C)C(C)=O)n1. The Bertz CT molecular complexity index is 1350. The normalized spacial score (nSPS) is 20.3. The molecule has 2 N–H and O–H groups in total. The topological polar surface area (TPSA) is 99.7 Å². The number of aromatic nitrogens is 2. The first kappa shape index (κ1) is 35.4. The lowest BCUT2D eigenvalue weighted by Crippen LogP contribution is -2.46. The van der Waals surface area contributed by atoms with Gasteiger partial charge >= 0.3 is 6.18 Å². The van der Waals surface area contributed by atoms with Gasteiger partial charge in [0.25, 0.3) is 5.91 Å². The number of anilines is 2. The van der Waals surface area contributed by atoms with E-state index in [4.69, 9.17) is 4.74 Å². The summed E-state index contributed by atoms with van der Waals surface area (Å²) in [4.78, 5) is 37.6. The summed E-state index contributed by atoms with van der Waals surface area (Å²) in [7, 11) is 3.28. The molecule has 9 nitrogen and oxygen atoms in total. The molecule has 1 aliphatic carbocycles. The summed E-state index contributed by atoms with van der Waals surface area (Å²) in [6.45, 7) is 9.81. The van der Waals surface area contributed by atoms with Crippen molar-refractivity contribution >= 4 is 23.5 Å². The molecule has 1 aliphatic heterocycles. The Kier molecular flexibility index (Phi) is 11.9. The van der Waals surface area contributed by atoms with Gasteiger partial charge in [-0.2, -0.15) is 13.2 Å². The summed E-state index contributed by atoms with van der Waals surface area (Å²) in [5.41, 5.74) is -0.0825. The Morgan fingerprint density at radius 3 is 2.43 bits per heavy atom. The van der Waals surface area contributed by atoms with Crippen LogP contribution in [0.5, 0.6) is 5.75 Å². The quantitative estimate of drug-likeness (QED) is 0.289. The van der Waals surface area contributed by atoms with Gasteiger partial charge in [-0.25, -0.2) is 9.97 Å². The van der Waals surface area contributed by atoms with E-state index in [0.717, 1.165) is 57.8 Å². The van der Waals surface area contributed by atoms with Crippen molar-refractivity contribution in [2.75, 3.05) is 32.6 Å². The number of hydrogen-bond donors (Lipinski definition) is 2. The maximum Gasteiger partial charge on any atom is 0.419 e.